The van der Waals surface area contributed by atoms with Crippen LogP contribution in [-0.2, 0) is 15.6 Å². The van der Waals surface area contributed by atoms with E-state index >= 15 is 0 Å². The van der Waals surface area contributed by atoms with Crippen LogP contribution in [0.3, 0.4) is 0 Å². The van der Waals surface area contributed by atoms with Gasteiger partial charge >= 0.3 is 0 Å². The molecule has 0 aliphatic rings. The minimum Gasteiger partial charge on any atom is -0.364 e. The molecule has 0 saturated carbocycles. The van der Waals surface area contributed by atoms with E-state index in [2.05, 4.69) is 46.7 Å². The molecule has 11 nitrogen and oxygen atoms in total. The van der Waals surface area contributed by atoms with Crippen LogP contribution in [0, 0.1) is 13.8 Å². The zero-order valence-corrected chi connectivity index (χ0v) is 25.5. The van der Waals surface area contributed by atoms with Crippen LogP contribution in [0.15, 0.2) is 47.8 Å². The molecule has 13 heteroatoms. The van der Waals surface area contributed by atoms with E-state index in [9.17, 15) is 13.2 Å². The monoisotopic (exact) mass is 598 g/mol. The lowest BCUT2D eigenvalue weighted by atomic mass is 10.1. The summed E-state index contributed by atoms with van der Waals surface area (Å²) in [5.74, 6) is 0.665. The average Bonchev–Trinajstić information content (AvgIpc) is 3.35. The molecular weight excluding hydrogens is 564 g/mol. The molecule has 3 heterocycles. The van der Waals surface area contributed by atoms with Gasteiger partial charge in [-0.1, -0.05) is 6.92 Å². The third-order valence-corrected chi connectivity index (χ3v) is 8.26. The van der Waals surface area contributed by atoms with Crippen molar-refractivity contribution in [2.45, 2.75) is 77.5 Å². The Kier molecular flexibility index (Phi) is 9.13. The molecule has 1 amide bonds. The second-order valence-corrected chi connectivity index (χ2v) is 12.9. The summed E-state index contributed by atoms with van der Waals surface area (Å²) in [5.41, 5.74) is 4.83. The highest BCUT2D eigenvalue weighted by atomic mass is 35.7. The first-order valence-corrected chi connectivity index (χ1v) is 15.7. The Balaban J connectivity index is 1.56. The molecule has 0 bridgehead atoms. The zero-order valence-electron chi connectivity index (χ0n) is 23.9. The summed E-state index contributed by atoms with van der Waals surface area (Å²) < 4.78 is 25.0. The Labute approximate surface area is 244 Å². The Hall–Kier alpha value is -3.77. The number of carbonyl (C=O) groups is 1. The number of halogens is 1. The van der Waals surface area contributed by atoms with Gasteiger partial charge in [0.2, 0.25) is 5.95 Å². The number of benzene rings is 1. The van der Waals surface area contributed by atoms with Gasteiger partial charge in [0, 0.05) is 52.8 Å². The summed E-state index contributed by atoms with van der Waals surface area (Å²) >= 11 is 0. The van der Waals surface area contributed by atoms with Crippen LogP contribution < -0.4 is 16.0 Å². The highest BCUT2D eigenvalue weighted by Crippen LogP contribution is 2.25. The van der Waals surface area contributed by atoms with Crippen molar-refractivity contribution in [1.29, 1.82) is 0 Å². The van der Waals surface area contributed by atoms with Gasteiger partial charge in [0.1, 0.15) is 0 Å². The summed E-state index contributed by atoms with van der Waals surface area (Å²) in [4.78, 5) is 31.4. The standard InChI is InChI=1S/C28H35ClN8O3S/c1-7-23(19(6)33-27(38)20-8-10-22(11-9-20)41(29,39)40)34-28-35-25(24-26(36-28)37(15-32-24)16(2)3)31-14-21-13-30-18(5)12-17(21)4/h8-13,15-16,19,23H,7,14H2,1-6H3,(H,33,38)(H2,31,34,35,36)/t19-,23+/m1/s1. The number of nitrogens with zero attached hydrogens (tertiary/aromatic N) is 5. The molecule has 0 aliphatic carbocycles. The van der Waals surface area contributed by atoms with Crippen molar-refractivity contribution >= 4 is 48.6 Å². The number of anilines is 2. The van der Waals surface area contributed by atoms with E-state index in [1.165, 1.54) is 24.3 Å². The van der Waals surface area contributed by atoms with E-state index in [-0.39, 0.29) is 28.9 Å². The summed E-state index contributed by atoms with van der Waals surface area (Å²) in [5, 5.41) is 9.79. The van der Waals surface area contributed by atoms with Gasteiger partial charge in [-0.05, 0) is 82.5 Å². The maximum Gasteiger partial charge on any atom is 0.261 e. The zero-order chi connectivity index (χ0) is 29.9. The summed E-state index contributed by atoms with van der Waals surface area (Å²) in [6.07, 6.45) is 4.30. The van der Waals surface area contributed by atoms with Crippen LogP contribution in [0.2, 0.25) is 0 Å². The number of pyridine rings is 1. The first kappa shape index (κ1) is 30.2. The van der Waals surface area contributed by atoms with Gasteiger partial charge in [0.05, 0.1) is 11.2 Å². The van der Waals surface area contributed by atoms with Gasteiger partial charge in [0.25, 0.3) is 15.0 Å². The predicted octanol–water partition coefficient (Wildman–Crippen LogP) is 4.97. The smallest absolute Gasteiger partial charge is 0.261 e. The molecule has 218 valence electrons. The third-order valence-electron chi connectivity index (χ3n) is 6.89. The summed E-state index contributed by atoms with van der Waals surface area (Å²) in [7, 11) is 1.52. The van der Waals surface area contributed by atoms with Crippen molar-refractivity contribution in [3.8, 4) is 0 Å². The molecule has 0 spiro atoms. The molecule has 41 heavy (non-hydrogen) atoms. The highest BCUT2D eigenvalue weighted by molar-refractivity contribution is 8.13. The number of aryl methyl sites for hydroxylation is 2. The Morgan fingerprint density at radius 1 is 1.07 bits per heavy atom. The molecule has 3 aromatic heterocycles. The van der Waals surface area contributed by atoms with E-state index in [0.29, 0.717) is 41.5 Å². The number of nitrogens with one attached hydrogen (secondary N) is 3. The summed E-state index contributed by atoms with van der Waals surface area (Å²) in [6.45, 7) is 12.6. The molecule has 1 aromatic carbocycles. The number of carbonyl (C=O) groups excluding carboxylic acids is 1. The first-order chi connectivity index (χ1) is 19.4. The van der Waals surface area contributed by atoms with Crippen molar-refractivity contribution in [2.24, 2.45) is 0 Å². The number of rotatable bonds is 11. The van der Waals surface area contributed by atoms with Gasteiger partial charge in [-0.25, -0.2) is 13.4 Å². The van der Waals surface area contributed by atoms with Crippen molar-refractivity contribution in [3.05, 3.63) is 65.2 Å². The van der Waals surface area contributed by atoms with Crippen molar-refractivity contribution in [1.82, 2.24) is 29.8 Å². The van der Waals surface area contributed by atoms with Gasteiger partial charge < -0.3 is 20.5 Å². The largest absolute Gasteiger partial charge is 0.364 e. The van der Waals surface area contributed by atoms with Crippen LogP contribution in [0.4, 0.5) is 11.8 Å². The highest BCUT2D eigenvalue weighted by Gasteiger charge is 2.22. The molecule has 0 aliphatic heterocycles. The van der Waals surface area contributed by atoms with Gasteiger partial charge in [0.15, 0.2) is 17.0 Å². The van der Waals surface area contributed by atoms with Crippen LogP contribution in [0.1, 0.15) is 67.3 Å². The lowest BCUT2D eigenvalue weighted by Crippen LogP contribution is -2.44. The van der Waals surface area contributed by atoms with Gasteiger partial charge in [-0.15, -0.1) is 0 Å². The average molecular weight is 599 g/mol. The number of imidazole rings is 1. The van der Waals surface area contributed by atoms with Crippen molar-refractivity contribution in [3.63, 3.8) is 0 Å². The number of amides is 1. The molecule has 4 rings (SSSR count). The van der Waals surface area contributed by atoms with Crippen LogP contribution >= 0.6 is 10.7 Å². The fourth-order valence-electron chi connectivity index (χ4n) is 4.48. The van der Waals surface area contributed by atoms with Crippen LogP contribution in [0.5, 0.6) is 0 Å². The van der Waals surface area contributed by atoms with E-state index in [1.54, 1.807) is 6.33 Å². The topological polar surface area (TPSA) is 144 Å². The number of hydrogen-bond acceptors (Lipinski definition) is 9. The molecule has 4 aromatic rings. The molecule has 3 N–H and O–H groups in total. The molecule has 0 fully saturated rings. The summed E-state index contributed by atoms with van der Waals surface area (Å²) in [6, 6.07) is 7.14. The fraction of sp³-hybridized carbons (Fsp3) is 0.393. The number of fused-ring (bicyclic) bond motifs is 1. The van der Waals surface area contributed by atoms with Crippen LogP contribution in [0.25, 0.3) is 11.2 Å². The minimum absolute atomic E-state index is 0.0664. The minimum atomic E-state index is -3.87. The van der Waals surface area contributed by atoms with Crippen LogP contribution in [-0.4, -0.2) is 50.9 Å². The van der Waals surface area contributed by atoms with Crippen molar-refractivity contribution < 1.29 is 13.2 Å². The molecule has 0 radical (unpaired) electrons. The quantitative estimate of drug-likeness (QED) is 0.204. The second kappa shape index (κ2) is 12.4. The normalized spacial score (nSPS) is 13.3. The Bertz CT molecular complexity index is 1660. The van der Waals surface area contributed by atoms with E-state index in [4.69, 9.17) is 20.7 Å². The lowest BCUT2D eigenvalue weighted by Gasteiger charge is -2.25. The third kappa shape index (κ3) is 7.12. The van der Waals surface area contributed by atoms with Crippen molar-refractivity contribution in [2.75, 3.05) is 10.6 Å². The lowest BCUT2D eigenvalue weighted by molar-refractivity contribution is 0.0935. The molecule has 0 unspecified atom stereocenters. The Morgan fingerprint density at radius 2 is 1.78 bits per heavy atom. The molecule has 2 atom stereocenters. The maximum atomic E-state index is 12.9. The van der Waals surface area contributed by atoms with Gasteiger partial charge in [-0.2, -0.15) is 9.97 Å². The van der Waals surface area contributed by atoms with E-state index < -0.39 is 9.05 Å². The predicted molar refractivity (Wildman–Crippen MR) is 161 cm³/mol. The SMILES string of the molecule is CC[C@H](Nc1nc(NCc2cnc(C)cc2C)c2ncn(C(C)C)c2n1)[C@@H](C)NC(=O)c1ccc(S(=O)(=O)Cl)cc1. The van der Waals surface area contributed by atoms with E-state index in [1.807, 2.05) is 37.6 Å². The fourth-order valence-corrected chi connectivity index (χ4v) is 5.25. The van der Waals surface area contributed by atoms with Gasteiger partial charge in [-0.3, -0.25) is 9.78 Å². The van der Waals surface area contributed by atoms with E-state index in [0.717, 1.165) is 16.8 Å². The molecule has 0 saturated heterocycles. The molecular formula is C28H35ClN8O3S. The Morgan fingerprint density at radius 3 is 2.39 bits per heavy atom. The second-order valence-electron chi connectivity index (χ2n) is 10.3. The first-order valence-electron chi connectivity index (χ1n) is 13.4. The number of hydrogen-bond donors (Lipinski definition) is 3. The maximum absolute atomic E-state index is 12.9. The number of aromatic nitrogens is 5.